The molecule has 0 spiro atoms. The van der Waals surface area contributed by atoms with E-state index in [2.05, 4.69) is 0 Å². The Morgan fingerprint density at radius 1 is 1.26 bits per heavy atom. The van der Waals surface area contributed by atoms with Gasteiger partial charge >= 0.3 is 5.97 Å². The summed E-state index contributed by atoms with van der Waals surface area (Å²) in [4.78, 5) is 24.1. The van der Waals surface area contributed by atoms with Gasteiger partial charge in [0, 0.05) is 19.8 Å². The first-order chi connectivity index (χ1) is 8.99. The van der Waals surface area contributed by atoms with Gasteiger partial charge in [-0.05, 0) is 17.7 Å². The average Bonchev–Trinajstić information content (AvgIpc) is 2.37. The van der Waals surface area contributed by atoms with Crippen LogP contribution in [0.4, 0.5) is 9.18 Å². The van der Waals surface area contributed by atoms with Crippen LogP contribution in [0.5, 0.6) is 0 Å². The Kier molecular flexibility index (Phi) is 6.35. The molecule has 0 N–H and O–H groups in total. The van der Waals surface area contributed by atoms with Gasteiger partial charge in [-0.3, -0.25) is 9.59 Å². The van der Waals surface area contributed by atoms with Crippen molar-refractivity contribution in [1.29, 1.82) is 0 Å². The SMILES string of the molecule is CN(C)C(=O)SCCC(=O)OCc1ccc(F)cc1. The first-order valence-corrected chi connectivity index (χ1v) is 6.71. The first-order valence-electron chi connectivity index (χ1n) is 5.73. The highest BCUT2D eigenvalue weighted by molar-refractivity contribution is 8.13. The normalized spacial score (nSPS) is 10.1. The van der Waals surface area contributed by atoms with Gasteiger partial charge in [0.05, 0.1) is 6.42 Å². The molecule has 0 fully saturated rings. The van der Waals surface area contributed by atoms with Gasteiger partial charge in [0.2, 0.25) is 0 Å². The molecule has 0 bridgehead atoms. The number of carbonyl (C=O) groups excluding carboxylic acids is 2. The Labute approximate surface area is 115 Å². The van der Waals surface area contributed by atoms with E-state index in [0.717, 1.165) is 17.3 Å². The lowest BCUT2D eigenvalue weighted by Crippen LogP contribution is -2.17. The summed E-state index contributed by atoms with van der Waals surface area (Å²) in [5, 5.41) is -0.0914. The van der Waals surface area contributed by atoms with Gasteiger partial charge in [-0.15, -0.1) is 0 Å². The van der Waals surface area contributed by atoms with Gasteiger partial charge in [-0.1, -0.05) is 23.9 Å². The molecule has 0 aliphatic rings. The molecular weight excluding hydrogens is 269 g/mol. The number of amides is 1. The van der Waals surface area contributed by atoms with Gasteiger partial charge in [-0.2, -0.15) is 0 Å². The number of halogens is 1. The van der Waals surface area contributed by atoms with Crippen LogP contribution in [0.3, 0.4) is 0 Å². The molecule has 1 rings (SSSR count). The van der Waals surface area contributed by atoms with Crippen molar-refractivity contribution in [3.05, 3.63) is 35.6 Å². The van der Waals surface area contributed by atoms with Crippen molar-refractivity contribution in [2.45, 2.75) is 13.0 Å². The van der Waals surface area contributed by atoms with E-state index in [1.807, 2.05) is 0 Å². The van der Waals surface area contributed by atoms with Crippen molar-refractivity contribution >= 4 is 23.0 Å². The molecule has 0 aromatic heterocycles. The number of thioether (sulfide) groups is 1. The predicted molar refractivity (Wildman–Crippen MR) is 72.4 cm³/mol. The third-order valence-electron chi connectivity index (χ3n) is 2.21. The molecule has 0 heterocycles. The summed E-state index contributed by atoms with van der Waals surface area (Å²) < 4.78 is 17.7. The van der Waals surface area contributed by atoms with Gasteiger partial charge in [0.1, 0.15) is 12.4 Å². The smallest absolute Gasteiger partial charge is 0.306 e. The van der Waals surface area contributed by atoms with Crippen molar-refractivity contribution in [3.63, 3.8) is 0 Å². The van der Waals surface area contributed by atoms with E-state index in [1.165, 1.54) is 17.0 Å². The molecule has 0 atom stereocenters. The van der Waals surface area contributed by atoms with Crippen molar-refractivity contribution in [3.8, 4) is 0 Å². The van der Waals surface area contributed by atoms with E-state index >= 15 is 0 Å². The molecule has 0 aliphatic heterocycles. The summed E-state index contributed by atoms with van der Waals surface area (Å²) in [5.74, 6) is -0.309. The number of rotatable bonds is 5. The number of esters is 1. The van der Waals surface area contributed by atoms with Gasteiger partial charge in [0.25, 0.3) is 5.24 Å². The number of hydrogen-bond donors (Lipinski definition) is 0. The molecule has 0 aliphatic carbocycles. The van der Waals surface area contributed by atoms with Crippen LogP contribution in [-0.4, -0.2) is 36.0 Å². The second-order valence-electron chi connectivity index (χ2n) is 4.05. The van der Waals surface area contributed by atoms with Crippen molar-refractivity contribution in [2.24, 2.45) is 0 Å². The topological polar surface area (TPSA) is 46.6 Å². The maximum Gasteiger partial charge on any atom is 0.306 e. The Hall–Kier alpha value is -1.56. The van der Waals surface area contributed by atoms with Crippen molar-refractivity contribution < 1.29 is 18.7 Å². The van der Waals surface area contributed by atoms with Crippen LogP contribution in [0.1, 0.15) is 12.0 Å². The maximum atomic E-state index is 12.6. The Balaban J connectivity index is 2.21. The number of nitrogens with zero attached hydrogens (tertiary/aromatic N) is 1. The first kappa shape index (κ1) is 15.5. The Morgan fingerprint density at radius 3 is 2.47 bits per heavy atom. The highest BCUT2D eigenvalue weighted by Gasteiger charge is 2.08. The molecule has 1 aromatic rings. The zero-order chi connectivity index (χ0) is 14.3. The summed E-state index contributed by atoms with van der Waals surface area (Å²) in [6.45, 7) is 0.116. The minimum atomic E-state index is -0.372. The van der Waals surface area contributed by atoms with Gasteiger partial charge < -0.3 is 9.64 Å². The fourth-order valence-corrected chi connectivity index (χ4v) is 1.87. The van der Waals surface area contributed by atoms with E-state index in [-0.39, 0.29) is 30.1 Å². The van der Waals surface area contributed by atoms with Gasteiger partial charge in [0.15, 0.2) is 0 Å². The van der Waals surface area contributed by atoms with E-state index in [4.69, 9.17) is 4.74 Å². The van der Waals surface area contributed by atoms with Crippen molar-refractivity contribution in [2.75, 3.05) is 19.8 Å². The van der Waals surface area contributed by atoms with Crippen LogP contribution in [0, 0.1) is 5.82 Å². The number of hydrogen-bond acceptors (Lipinski definition) is 4. The van der Waals surface area contributed by atoms with E-state index in [9.17, 15) is 14.0 Å². The molecule has 6 heteroatoms. The molecule has 0 unspecified atom stereocenters. The van der Waals surface area contributed by atoms with E-state index < -0.39 is 0 Å². The second kappa shape index (κ2) is 7.78. The lowest BCUT2D eigenvalue weighted by atomic mass is 10.2. The summed E-state index contributed by atoms with van der Waals surface area (Å²) in [7, 11) is 3.31. The lowest BCUT2D eigenvalue weighted by molar-refractivity contribution is -0.144. The third-order valence-corrected chi connectivity index (χ3v) is 3.23. The molecule has 0 saturated carbocycles. The molecule has 1 amide bonds. The molecular formula is C13H16FNO3S. The molecule has 0 radical (unpaired) electrons. The summed E-state index contributed by atoms with van der Waals surface area (Å²) in [5.41, 5.74) is 0.728. The van der Waals surface area contributed by atoms with Crippen LogP contribution >= 0.6 is 11.8 Å². The molecule has 104 valence electrons. The minimum Gasteiger partial charge on any atom is -0.461 e. The standard InChI is InChI=1S/C13H16FNO3S/c1-15(2)13(17)19-8-7-12(16)18-9-10-3-5-11(14)6-4-10/h3-6H,7-9H2,1-2H3. The summed E-state index contributed by atoms with van der Waals surface area (Å²) in [6, 6.07) is 5.75. The fraction of sp³-hybridized carbons (Fsp3) is 0.385. The summed E-state index contributed by atoms with van der Waals surface area (Å²) in [6.07, 6.45) is 0.172. The average molecular weight is 285 g/mol. The zero-order valence-corrected chi connectivity index (χ0v) is 11.7. The monoisotopic (exact) mass is 285 g/mol. The van der Waals surface area contributed by atoms with E-state index in [1.54, 1.807) is 26.2 Å². The van der Waals surface area contributed by atoms with E-state index in [0.29, 0.717) is 5.75 Å². The quantitative estimate of drug-likeness (QED) is 0.780. The molecule has 19 heavy (non-hydrogen) atoms. The van der Waals surface area contributed by atoms with Crippen LogP contribution in [0.25, 0.3) is 0 Å². The largest absolute Gasteiger partial charge is 0.461 e. The lowest BCUT2D eigenvalue weighted by Gasteiger charge is -2.09. The minimum absolute atomic E-state index is 0.0914. The number of carbonyl (C=O) groups is 2. The molecule has 4 nitrogen and oxygen atoms in total. The van der Waals surface area contributed by atoms with Crippen molar-refractivity contribution in [1.82, 2.24) is 4.90 Å². The van der Waals surface area contributed by atoms with Crippen LogP contribution < -0.4 is 0 Å². The molecule has 0 saturated heterocycles. The number of ether oxygens (including phenoxy) is 1. The molecule has 1 aromatic carbocycles. The highest BCUT2D eigenvalue weighted by Crippen LogP contribution is 2.09. The Morgan fingerprint density at radius 2 is 1.89 bits per heavy atom. The maximum absolute atomic E-state index is 12.6. The third kappa shape index (κ3) is 6.24. The Bertz CT molecular complexity index is 434. The summed E-state index contributed by atoms with van der Waals surface area (Å²) >= 11 is 1.07. The van der Waals surface area contributed by atoms with Crippen LogP contribution in [0.15, 0.2) is 24.3 Å². The van der Waals surface area contributed by atoms with Crippen LogP contribution in [0.2, 0.25) is 0 Å². The zero-order valence-electron chi connectivity index (χ0n) is 10.9. The number of benzene rings is 1. The second-order valence-corrected chi connectivity index (χ2v) is 5.09. The van der Waals surface area contributed by atoms with Crippen LogP contribution in [-0.2, 0) is 16.1 Å². The predicted octanol–water partition coefficient (Wildman–Crippen LogP) is 2.67. The van der Waals surface area contributed by atoms with Gasteiger partial charge in [-0.25, -0.2) is 4.39 Å². The fourth-order valence-electron chi connectivity index (χ4n) is 1.17. The highest BCUT2D eigenvalue weighted by atomic mass is 32.2.